The van der Waals surface area contributed by atoms with Crippen LogP contribution in [0.15, 0.2) is 41.7 Å². The number of H-pyrrole nitrogens is 1. The first-order valence-corrected chi connectivity index (χ1v) is 7.64. The zero-order valence-electron chi connectivity index (χ0n) is 13.6. The topological polar surface area (TPSA) is 97.0 Å². The fraction of sp³-hybridized carbons (Fsp3) is 0.222. The molecule has 0 aliphatic heterocycles. The average Bonchev–Trinajstić information content (AvgIpc) is 2.63. The summed E-state index contributed by atoms with van der Waals surface area (Å²) in [5, 5.41) is 10.5. The first kappa shape index (κ1) is 17.9. The van der Waals surface area contributed by atoms with Crippen LogP contribution in [0.5, 0.6) is 5.75 Å². The highest BCUT2D eigenvalue weighted by Crippen LogP contribution is 2.19. The molecule has 0 unspecified atom stereocenters. The molecule has 1 amide bonds. The minimum absolute atomic E-state index is 0.115. The molecule has 25 heavy (non-hydrogen) atoms. The molecular formula is C18H18N4O3. The second-order valence-electron chi connectivity index (χ2n) is 5.06. The average molecular weight is 338 g/mol. The Kier molecular flexibility index (Phi) is 6.48. The van der Waals surface area contributed by atoms with Gasteiger partial charge in [-0.25, -0.2) is 0 Å². The third-order valence-corrected chi connectivity index (χ3v) is 3.22. The molecule has 0 fully saturated rings. The number of aromatic amines is 1. The third-order valence-electron chi connectivity index (χ3n) is 3.22. The maximum atomic E-state index is 12.1. The number of carbonyl (C=O) groups excluding carboxylic acids is 1. The van der Waals surface area contributed by atoms with Crippen molar-refractivity contribution >= 4 is 5.91 Å². The van der Waals surface area contributed by atoms with Crippen LogP contribution >= 0.6 is 0 Å². The van der Waals surface area contributed by atoms with Crippen molar-refractivity contribution in [1.29, 1.82) is 0 Å². The van der Waals surface area contributed by atoms with Crippen molar-refractivity contribution < 1.29 is 9.53 Å². The summed E-state index contributed by atoms with van der Waals surface area (Å²) < 4.78 is 5.45. The van der Waals surface area contributed by atoms with Crippen LogP contribution in [0.1, 0.15) is 12.1 Å². The molecule has 1 aromatic heterocycles. The number of amides is 1. The molecule has 0 saturated carbocycles. The van der Waals surface area contributed by atoms with Gasteiger partial charge in [0.1, 0.15) is 18.1 Å². The van der Waals surface area contributed by atoms with Crippen LogP contribution in [0.25, 0.3) is 11.4 Å². The zero-order valence-corrected chi connectivity index (χ0v) is 13.6. The predicted molar refractivity (Wildman–Crippen MR) is 93.9 cm³/mol. The van der Waals surface area contributed by atoms with Gasteiger partial charge in [-0.1, -0.05) is 30.7 Å². The van der Waals surface area contributed by atoms with Crippen LogP contribution < -0.4 is 15.6 Å². The van der Waals surface area contributed by atoms with E-state index in [0.717, 1.165) is 0 Å². The van der Waals surface area contributed by atoms with Crippen LogP contribution in [-0.2, 0) is 11.2 Å². The Labute approximate surface area is 145 Å². The summed E-state index contributed by atoms with van der Waals surface area (Å²) in [5.74, 6) is 3.03. The largest absolute Gasteiger partial charge is 0.490 e. The van der Waals surface area contributed by atoms with E-state index < -0.39 is 0 Å². The molecule has 2 aromatic rings. The van der Waals surface area contributed by atoms with E-state index in [1.807, 2.05) is 0 Å². The van der Waals surface area contributed by atoms with Gasteiger partial charge in [0, 0.05) is 18.4 Å². The number of rotatable bonds is 8. The molecule has 0 radical (unpaired) electrons. The van der Waals surface area contributed by atoms with Gasteiger partial charge in [0.15, 0.2) is 5.82 Å². The molecule has 128 valence electrons. The monoisotopic (exact) mass is 338 g/mol. The summed E-state index contributed by atoms with van der Waals surface area (Å²) in [6, 6.07) is 7.11. The van der Waals surface area contributed by atoms with Gasteiger partial charge in [-0.2, -0.15) is 0 Å². The van der Waals surface area contributed by atoms with Crippen molar-refractivity contribution in [2.45, 2.75) is 12.8 Å². The van der Waals surface area contributed by atoms with Crippen molar-refractivity contribution in [1.82, 2.24) is 20.5 Å². The lowest BCUT2D eigenvalue weighted by Gasteiger charge is -2.06. The van der Waals surface area contributed by atoms with E-state index in [-0.39, 0.29) is 36.5 Å². The van der Waals surface area contributed by atoms with E-state index >= 15 is 0 Å². The zero-order chi connectivity index (χ0) is 18.1. The molecular weight excluding hydrogens is 320 g/mol. The molecule has 0 atom stereocenters. The van der Waals surface area contributed by atoms with Crippen molar-refractivity contribution in [2.75, 3.05) is 13.2 Å². The molecule has 1 aromatic carbocycles. The number of carbonyl (C=O) groups is 1. The van der Waals surface area contributed by atoms with Crippen molar-refractivity contribution in [3.8, 4) is 29.5 Å². The number of aromatic nitrogens is 3. The molecule has 2 N–H and O–H groups in total. The van der Waals surface area contributed by atoms with Gasteiger partial charge < -0.3 is 15.0 Å². The fourth-order valence-corrected chi connectivity index (χ4v) is 2.01. The Morgan fingerprint density at radius 3 is 3.00 bits per heavy atom. The second kappa shape index (κ2) is 9.03. The van der Waals surface area contributed by atoms with Gasteiger partial charge in [0.25, 0.3) is 5.56 Å². The van der Waals surface area contributed by atoms with Crippen molar-refractivity contribution in [2.24, 2.45) is 0 Å². The number of benzene rings is 1. The van der Waals surface area contributed by atoms with Gasteiger partial charge in [0.05, 0.1) is 6.54 Å². The van der Waals surface area contributed by atoms with E-state index in [0.29, 0.717) is 23.7 Å². The van der Waals surface area contributed by atoms with E-state index in [1.165, 1.54) is 0 Å². The number of nitrogens with one attached hydrogen (secondary N) is 2. The van der Waals surface area contributed by atoms with E-state index in [1.54, 1.807) is 30.3 Å². The lowest BCUT2D eigenvalue weighted by atomic mass is 10.2. The summed E-state index contributed by atoms with van der Waals surface area (Å²) in [6.07, 6.45) is 7.00. The van der Waals surface area contributed by atoms with Gasteiger partial charge in [0.2, 0.25) is 5.91 Å². The Bertz CT molecular complexity index is 852. The first-order chi connectivity index (χ1) is 12.1. The third kappa shape index (κ3) is 5.32. The molecule has 2 rings (SSSR count). The summed E-state index contributed by atoms with van der Waals surface area (Å²) >= 11 is 0. The molecule has 0 aliphatic rings. The van der Waals surface area contributed by atoms with E-state index in [9.17, 15) is 9.59 Å². The van der Waals surface area contributed by atoms with Crippen LogP contribution in [0.2, 0.25) is 0 Å². The van der Waals surface area contributed by atoms with E-state index in [2.05, 4.69) is 33.0 Å². The van der Waals surface area contributed by atoms with Gasteiger partial charge in [-0.05, 0) is 12.1 Å². The van der Waals surface area contributed by atoms with Gasteiger partial charge >= 0.3 is 0 Å². The van der Waals surface area contributed by atoms with Gasteiger partial charge in [-0.15, -0.1) is 16.6 Å². The van der Waals surface area contributed by atoms with Crippen LogP contribution in [0.4, 0.5) is 0 Å². The molecule has 0 bridgehead atoms. The Hall–Kier alpha value is -3.40. The second-order valence-corrected chi connectivity index (χ2v) is 5.06. The molecule has 7 nitrogen and oxygen atoms in total. The number of terminal acetylenes is 1. The van der Waals surface area contributed by atoms with Gasteiger partial charge in [-0.3, -0.25) is 9.59 Å². The lowest BCUT2D eigenvalue weighted by Crippen LogP contribution is -2.25. The molecule has 0 spiro atoms. The van der Waals surface area contributed by atoms with Crippen molar-refractivity contribution in [3.05, 3.63) is 53.0 Å². The van der Waals surface area contributed by atoms with Crippen LogP contribution in [0.3, 0.4) is 0 Å². The highest BCUT2D eigenvalue weighted by atomic mass is 16.5. The number of aryl methyl sites for hydroxylation is 1. The molecule has 7 heteroatoms. The quantitative estimate of drug-likeness (QED) is 0.554. The van der Waals surface area contributed by atoms with E-state index in [4.69, 9.17) is 11.2 Å². The lowest BCUT2D eigenvalue weighted by molar-refractivity contribution is -0.120. The maximum absolute atomic E-state index is 12.1. The predicted octanol–water partition coefficient (Wildman–Crippen LogP) is 1.08. The summed E-state index contributed by atoms with van der Waals surface area (Å²) in [5.41, 5.74) is 0.482. The molecule has 1 heterocycles. The Balaban J connectivity index is 2.09. The molecule has 0 aliphatic carbocycles. The fourth-order valence-electron chi connectivity index (χ4n) is 2.01. The standard InChI is InChI=1S/C18H18N4O3/c1-3-10-19-16(23)9-8-15-18(24)20-17(22-21-15)13-6-5-7-14(12-13)25-11-4-2/h1,4-7,12H,2,8-11H2,(H,19,23)(H,20,22,24). The number of nitrogens with zero attached hydrogens (tertiary/aromatic N) is 2. The minimum atomic E-state index is -0.382. The van der Waals surface area contributed by atoms with Crippen LogP contribution in [0, 0.1) is 12.3 Å². The number of hydrogen-bond donors (Lipinski definition) is 2. The normalized spacial score (nSPS) is 9.88. The Morgan fingerprint density at radius 2 is 2.28 bits per heavy atom. The summed E-state index contributed by atoms with van der Waals surface area (Å²) in [7, 11) is 0. The maximum Gasteiger partial charge on any atom is 0.273 e. The smallest absolute Gasteiger partial charge is 0.273 e. The highest BCUT2D eigenvalue weighted by Gasteiger charge is 2.09. The van der Waals surface area contributed by atoms with Crippen molar-refractivity contribution in [3.63, 3.8) is 0 Å². The summed E-state index contributed by atoms with van der Waals surface area (Å²) in [6.45, 7) is 4.13. The number of ether oxygens (including phenoxy) is 1. The number of hydrogen-bond acceptors (Lipinski definition) is 5. The Morgan fingerprint density at radius 1 is 1.44 bits per heavy atom. The molecule has 0 saturated heterocycles. The highest BCUT2D eigenvalue weighted by molar-refractivity contribution is 5.76. The summed E-state index contributed by atoms with van der Waals surface area (Å²) in [4.78, 5) is 26.3. The SMILES string of the molecule is C#CCNC(=O)CCc1nnc(-c2cccc(OCC=C)c2)[nH]c1=O. The minimum Gasteiger partial charge on any atom is -0.490 e. The first-order valence-electron chi connectivity index (χ1n) is 7.64. The van der Waals surface area contributed by atoms with Crippen LogP contribution in [-0.4, -0.2) is 34.2 Å².